The average Bonchev–Trinajstić information content (AvgIpc) is 2.57. The van der Waals surface area contributed by atoms with Crippen molar-refractivity contribution in [3.63, 3.8) is 0 Å². The van der Waals surface area contributed by atoms with Crippen molar-refractivity contribution in [1.82, 2.24) is 4.98 Å². The topological polar surface area (TPSA) is 51.2 Å². The van der Waals surface area contributed by atoms with E-state index in [-0.39, 0.29) is 11.3 Å². The van der Waals surface area contributed by atoms with Crippen LogP contribution in [0.2, 0.25) is 0 Å². The fraction of sp³-hybridized carbons (Fsp3) is 0.0588. The van der Waals surface area contributed by atoms with Crippen LogP contribution in [0.4, 0.5) is 14.5 Å². The maximum atomic E-state index is 13.3. The summed E-state index contributed by atoms with van der Waals surface area (Å²) < 4.78 is 31.4. The predicted molar refractivity (Wildman–Crippen MR) is 82.6 cm³/mol. The number of para-hydroxylation sites is 1. The van der Waals surface area contributed by atoms with Crippen LogP contribution in [0.15, 0.2) is 48.7 Å². The number of methoxy groups -OCH3 is 1. The fourth-order valence-corrected chi connectivity index (χ4v) is 2.28. The van der Waals surface area contributed by atoms with E-state index >= 15 is 0 Å². The third-order valence-electron chi connectivity index (χ3n) is 3.37. The highest BCUT2D eigenvalue weighted by atomic mass is 19.2. The van der Waals surface area contributed by atoms with E-state index < -0.39 is 17.5 Å². The van der Waals surface area contributed by atoms with Gasteiger partial charge in [-0.05, 0) is 18.2 Å². The molecule has 23 heavy (non-hydrogen) atoms. The number of halogens is 2. The van der Waals surface area contributed by atoms with Crippen molar-refractivity contribution >= 4 is 22.5 Å². The van der Waals surface area contributed by atoms with Crippen LogP contribution in [0.5, 0.6) is 5.75 Å². The monoisotopic (exact) mass is 314 g/mol. The van der Waals surface area contributed by atoms with E-state index in [4.69, 9.17) is 4.74 Å². The van der Waals surface area contributed by atoms with Crippen molar-refractivity contribution in [1.29, 1.82) is 0 Å². The number of hydrogen-bond donors (Lipinski definition) is 1. The number of pyridine rings is 1. The Kier molecular flexibility index (Phi) is 3.89. The molecule has 2 aromatic carbocycles. The maximum absolute atomic E-state index is 13.3. The molecule has 0 bridgehead atoms. The Labute approximate surface area is 130 Å². The molecule has 4 nitrogen and oxygen atoms in total. The summed E-state index contributed by atoms with van der Waals surface area (Å²) >= 11 is 0. The molecule has 1 aromatic heterocycles. The largest absolute Gasteiger partial charge is 0.494 e. The Hall–Kier alpha value is -3.02. The van der Waals surface area contributed by atoms with Crippen LogP contribution in [0.1, 0.15) is 10.4 Å². The zero-order valence-corrected chi connectivity index (χ0v) is 12.1. The molecule has 1 amide bonds. The second-order valence-corrected chi connectivity index (χ2v) is 4.80. The number of rotatable bonds is 3. The van der Waals surface area contributed by atoms with E-state index in [1.807, 2.05) is 0 Å². The SMILES string of the molecule is COc1cnc2ccccc2c1C(=O)Nc1ccc(F)c(F)c1. The van der Waals surface area contributed by atoms with Gasteiger partial charge < -0.3 is 10.1 Å². The Bertz CT molecular complexity index is 897. The molecule has 3 rings (SSSR count). The van der Waals surface area contributed by atoms with Gasteiger partial charge in [-0.15, -0.1) is 0 Å². The fourth-order valence-electron chi connectivity index (χ4n) is 2.28. The molecular weight excluding hydrogens is 302 g/mol. The van der Waals surface area contributed by atoms with E-state index in [0.29, 0.717) is 16.7 Å². The lowest BCUT2D eigenvalue weighted by Gasteiger charge is -2.12. The van der Waals surface area contributed by atoms with Gasteiger partial charge >= 0.3 is 0 Å². The minimum Gasteiger partial charge on any atom is -0.494 e. The number of ether oxygens (including phenoxy) is 1. The minimum absolute atomic E-state index is 0.150. The van der Waals surface area contributed by atoms with Crippen LogP contribution in [0.25, 0.3) is 10.9 Å². The first-order valence-corrected chi connectivity index (χ1v) is 6.78. The van der Waals surface area contributed by atoms with Crippen LogP contribution >= 0.6 is 0 Å². The number of nitrogens with zero attached hydrogens (tertiary/aromatic N) is 1. The Morgan fingerprint density at radius 2 is 1.91 bits per heavy atom. The first-order chi connectivity index (χ1) is 11.1. The minimum atomic E-state index is -1.03. The summed E-state index contributed by atoms with van der Waals surface area (Å²) in [4.78, 5) is 16.8. The molecule has 6 heteroatoms. The number of amides is 1. The zero-order valence-electron chi connectivity index (χ0n) is 12.1. The summed E-state index contributed by atoms with van der Waals surface area (Å²) in [5.41, 5.74) is 1.06. The van der Waals surface area contributed by atoms with E-state index in [2.05, 4.69) is 10.3 Å². The van der Waals surface area contributed by atoms with Crippen LogP contribution in [-0.4, -0.2) is 18.0 Å². The molecule has 3 aromatic rings. The molecule has 0 radical (unpaired) electrons. The number of fused-ring (bicyclic) bond motifs is 1. The highest BCUT2D eigenvalue weighted by Crippen LogP contribution is 2.27. The maximum Gasteiger partial charge on any atom is 0.260 e. The van der Waals surface area contributed by atoms with Crippen molar-refractivity contribution in [3.8, 4) is 5.75 Å². The third kappa shape index (κ3) is 2.83. The van der Waals surface area contributed by atoms with Gasteiger partial charge in [-0.1, -0.05) is 18.2 Å². The van der Waals surface area contributed by atoms with Gasteiger partial charge in [-0.25, -0.2) is 8.78 Å². The highest BCUT2D eigenvalue weighted by molar-refractivity contribution is 6.14. The zero-order chi connectivity index (χ0) is 16.4. The van der Waals surface area contributed by atoms with Crippen molar-refractivity contribution < 1.29 is 18.3 Å². The van der Waals surface area contributed by atoms with Gasteiger partial charge in [0.25, 0.3) is 5.91 Å². The van der Waals surface area contributed by atoms with Gasteiger partial charge in [-0.3, -0.25) is 9.78 Å². The highest BCUT2D eigenvalue weighted by Gasteiger charge is 2.17. The summed E-state index contributed by atoms with van der Waals surface area (Å²) in [6, 6.07) is 10.2. The van der Waals surface area contributed by atoms with Crippen molar-refractivity contribution in [2.75, 3.05) is 12.4 Å². The lowest BCUT2D eigenvalue weighted by Crippen LogP contribution is -2.14. The Morgan fingerprint density at radius 1 is 1.13 bits per heavy atom. The molecule has 0 spiro atoms. The molecule has 0 saturated carbocycles. The van der Waals surface area contributed by atoms with Gasteiger partial charge in [0.15, 0.2) is 17.4 Å². The number of carbonyl (C=O) groups is 1. The predicted octanol–water partition coefficient (Wildman–Crippen LogP) is 3.77. The summed E-state index contributed by atoms with van der Waals surface area (Å²) in [5.74, 6) is -2.21. The second kappa shape index (κ2) is 6.00. The number of anilines is 1. The first-order valence-electron chi connectivity index (χ1n) is 6.78. The molecule has 1 N–H and O–H groups in total. The molecular formula is C17H12F2N2O2. The average molecular weight is 314 g/mol. The number of nitrogens with one attached hydrogen (secondary N) is 1. The van der Waals surface area contributed by atoms with Gasteiger partial charge in [0.2, 0.25) is 0 Å². The van der Waals surface area contributed by atoms with Crippen LogP contribution < -0.4 is 10.1 Å². The van der Waals surface area contributed by atoms with Gasteiger partial charge in [-0.2, -0.15) is 0 Å². The quantitative estimate of drug-likeness (QED) is 0.800. The smallest absolute Gasteiger partial charge is 0.260 e. The van der Waals surface area contributed by atoms with Crippen molar-refractivity contribution in [2.45, 2.75) is 0 Å². The van der Waals surface area contributed by atoms with E-state index in [1.54, 1.807) is 24.3 Å². The lowest BCUT2D eigenvalue weighted by atomic mass is 10.1. The number of benzene rings is 2. The Balaban J connectivity index is 2.04. The van der Waals surface area contributed by atoms with E-state index in [1.165, 1.54) is 19.4 Å². The standard InChI is InChI=1S/C17H12F2N2O2/c1-23-15-9-20-14-5-3-2-4-11(14)16(15)17(22)21-10-6-7-12(18)13(19)8-10/h2-9H,1H3,(H,21,22). The molecule has 0 aliphatic rings. The molecule has 0 fully saturated rings. The number of carbonyl (C=O) groups excluding carboxylic acids is 1. The second-order valence-electron chi connectivity index (χ2n) is 4.80. The first kappa shape index (κ1) is 14.9. The molecule has 0 aliphatic heterocycles. The van der Waals surface area contributed by atoms with Crippen LogP contribution in [0, 0.1) is 11.6 Å². The molecule has 0 atom stereocenters. The number of aromatic nitrogens is 1. The lowest BCUT2D eigenvalue weighted by molar-refractivity contribution is 0.102. The summed E-state index contributed by atoms with van der Waals surface area (Å²) in [6.07, 6.45) is 1.45. The van der Waals surface area contributed by atoms with Crippen LogP contribution in [-0.2, 0) is 0 Å². The molecule has 0 saturated heterocycles. The molecule has 0 unspecified atom stereocenters. The van der Waals surface area contributed by atoms with Gasteiger partial charge in [0, 0.05) is 17.1 Å². The van der Waals surface area contributed by atoms with Gasteiger partial charge in [0.05, 0.1) is 24.4 Å². The summed E-state index contributed by atoms with van der Waals surface area (Å²) in [7, 11) is 1.43. The molecule has 116 valence electrons. The molecule has 1 heterocycles. The van der Waals surface area contributed by atoms with Crippen LogP contribution in [0.3, 0.4) is 0 Å². The van der Waals surface area contributed by atoms with E-state index in [0.717, 1.165) is 12.1 Å². The summed E-state index contributed by atoms with van der Waals surface area (Å²) in [5, 5.41) is 3.14. The van der Waals surface area contributed by atoms with E-state index in [9.17, 15) is 13.6 Å². The summed E-state index contributed by atoms with van der Waals surface area (Å²) in [6.45, 7) is 0. The third-order valence-corrected chi connectivity index (χ3v) is 3.37. The normalized spacial score (nSPS) is 10.6. The molecule has 0 aliphatic carbocycles. The van der Waals surface area contributed by atoms with Gasteiger partial charge in [0.1, 0.15) is 0 Å². The number of hydrogen-bond acceptors (Lipinski definition) is 3. The Morgan fingerprint density at radius 3 is 2.65 bits per heavy atom. The van der Waals surface area contributed by atoms with Crippen molar-refractivity contribution in [2.24, 2.45) is 0 Å². The van der Waals surface area contributed by atoms with Crippen molar-refractivity contribution in [3.05, 3.63) is 65.9 Å².